The summed E-state index contributed by atoms with van der Waals surface area (Å²) in [6.07, 6.45) is 0. The highest BCUT2D eigenvalue weighted by molar-refractivity contribution is 6.46. The van der Waals surface area contributed by atoms with E-state index in [0.29, 0.717) is 34.3 Å². The summed E-state index contributed by atoms with van der Waals surface area (Å²) in [7, 11) is 3.78. The molecule has 1 heterocycles. The molecule has 1 fully saturated rings. The number of benzene rings is 2. The molecule has 146 valence electrons. The van der Waals surface area contributed by atoms with Gasteiger partial charge >= 0.3 is 0 Å². The number of nitrogens with zero attached hydrogens (tertiary/aromatic N) is 2. The molecule has 0 aromatic heterocycles. The highest BCUT2D eigenvalue weighted by Crippen LogP contribution is 2.39. The van der Waals surface area contributed by atoms with E-state index in [1.165, 1.54) is 4.90 Å². The highest BCUT2D eigenvalue weighted by atomic mass is 35.5. The summed E-state index contributed by atoms with van der Waals surface area (Å²) in [5.41, 5.74) is 1.19. The van der Waals surface area contributed by atoms with E-state index >= 15 is 0 Å². The van der Waals surface area contributed by atoms with E-state index in [1.807, 2.05) is 19.0 Å². The summed E-state index contributed by atoms with van der Waals surface area (Å²) in [5.74, 6) is -1.55. The van der Waals surface area contributed by atoms with Crippen molar-refractivity contribution in [3.8, 4) is 0 Å². The van der Waals surface area contributed by atoms with E-state index in [1.54, 1.807) is 48.5 Å². The molecule has 1 aliphatic rings. The Morgan fingerprint density at radius 2 is 1.54 bits per heavy atom. The summed E-state index contributed by atoms with van der Waals surface area (Å²) in [5, 5.41) is 11.9. The molecule has 1 atom stereocenters. The van der Waals surface area contributed by atoms with Crippen molar-refractivity contribution in [2.45, 2.75) is 6.04 Å². The number of Topliss-reactive ketones (excluding diaryl/α,β-unsaturated/α-hetero) is 1. The second kappa shape index (κ2) is 8.35. The van der Waals surface area contributed by atoms with Crippen LogP contribution in [0.2, 0.25) is 10.0 Å². The molecule has 0 unspecified atom stereocenters. The van der Waals surface area contributed by atoms with Crippen LogP contribution in [0, 0.1) is 0 Å². The largest absolute Gasteiger partial charge is 0.507 e. The molecule has 2 aromatic rings. The van der Waals surface area contributed by atoms with Gasteiger partial charge in [0.15, 0.2) is 0 Å². The predicted molar refractivity (Wildman–Crippen MR) is 110 cm³/mol. The first-order chi connectivity index (χ1) is 13.3. The Hall–Kier alpha value is -2.34. The molecular weight excluding hydrogens is 399 g/mol. The van der Waals surface area contributed by atoms with Gasteiger partial charge in [0.1, 0.15) is 5.76 Å². The number of halogens is 2. The first kappa shape index (κ1) is 20.4. The third-order valence-electron chi connectivity index (χ3n) is 4.63. The fraction of sp³-hybridized carbons (Fsp3) is 0.238. The minimum atomic E-state index is -0.703. The molecule has 1 N–H and O–H groups in total. The quantitative estimate of drug-likeness (QED) is 0.453. The van der Waals surface area contributed by atoms with Crippen LogP contribution in [0.1, 0.15) is 17.2 Å². The number of likely N-dealkylation sites (tertiary alicyclic amines) is 1. The molecule has 1 saturated heterocycles. The highest BCUT2D eigenvalue weighted by Gasteiger charge is 2.45. The van der Waals surface area contributed by atoms with Crippen LogP contribution in [0.25, 0.3) is 5.76 Å². The second-order valence-corrected chi connectivity index (χ2v) is 7.73. The number of ketones is 1. The van der Waals surface area contributed by atoms with Crippen molar-refractivity contribution in [2.24, 2.45) is 0 Å². The van der Waals surface area contributed by atoms with E-state index < -0.39 is 17.7 Å². The van der Waals surface area contributed by atoms with Crippen LogP contribution in [0.3, 0.4) is 0 Å². The van der Waals surface area contributed by atoms with Crippen LogP contribution in [0.5, 0.6) is 0 Å². The normalized spacial score (nSPS) is 18.9. The lowest BCUT2D eigenvalue weighted by Crippen LogP contribution is -2.35. The first-order valence-corrected chi connectivity index (χ1v) is 9.49. The molecule has 1 aliphatic heterocycles. The van der Waals surface area contributed by atoms with Crippen LogP contribution < -0.4 is 0 Å². The maximum Gasteiger partial charge on any atom is 0.295 e. The van der Waals surface area contributed by atoms with Crippen molar-refractivity contribution >= 4 is 40.7 Å². The molecule has 3 rings (SSSR count). The summed E-state index contributed by atoms with van der Waals surface area (Å²) in [4.78, 5) is 29.0. The maximum absolute atomic E-state index is 12.8. The van der Waals surface area contributed by atoms with E-state index in [-0.39, 0.29) is 11.3 Å². The van der Waals surface area contributed by atoms with Crippen LogP contribution in [0.15, 0.2) is 54.1 Å². The van der Waals surface area contributed by atoms with Gasteiger partial charge in [-0.1, -0.05) is 35.3 Å². The number of hydrogen-bond acceptors (Lipinski definition) is 4. The smallest absolute Gasteiger partial charge is 0.295 e. The lowest BCUT2D eigenvalue weighted by Gasteiger charge is -2.26. The molecular formula is C21H20Cl2N2O3. The van der Waals surface area contributed by atoms with Crippen LogP contribution >= 0.6 is 23.2 Å². The number of aliphatic hydroxyl groups excluding tert-OH is 1. The first-order valence-electron chi connectivity index (χ1n) is 8.74. The predicted octanol–water partition coefficient (Wildman–Crippen LogP) is 3.98. The Morgan fingerprint density at radius 3 is 2.07 bits per heavy atom. The Labute approximate surface area is 173 Å². The van der Waals surface area contributed by atoms with Crippen LogP contribution in [0.4, 0.5) is 0 Å². The molecule has 28 heavy (non-hydrogen) atoms. The van der Waals surface area contributed by atoms with Crippen molar-refractivity contribution in [3.05, 3.63) is 75.3 Å². The second-order valence-electron chi connectivity index (χ2n) is 6.85. The number of rotatable bonds is 5. The Morgan fingerprint density at radius 1 is 1.00 bits per heavy atom. The molecule has 0 saturated carbocycles. The van der Waals surface area contributed by atoms with Gasteiger partial charge in [-0.25, -0.2) is 0 Å². The summed E-state index contributed by atoms with van der Waals surface area (Å²) in [6.45, 7) is 0.931. The fourth-order valence-electron chi connectivity index (χ4n) is 3.17. The van der Waals surface area contributed by atoms with Crippen molar-refractivity contribution in [2.75, 3.05) is 27.2 Å². The molecule has 1 amide bonds. The van der Waals surface area contributed by atoms with Crippen molar-refractivity contribution in [1.82, 2.24) is 9.80 Å². The lowest BCUT2D eigenvalue weighted by molar-refractivity contribution is -0.140. The van der Waals surface area contributed by atoms with Gasteiger partial charge in [0.25, 0.3) is 11.7 Å². The minimum Gasteiger partial charge on any atom is -0.507 e. The van der Waals surface area contributed by atoms with Gasteiger partial charge in [-0.3, -0.25) is 9.59 Å². The van der Waals surface area contributed by atoms with Gasteiger partial charge in [-0.15, -0.1) is 0 Å². The van der Waals surface area contributed by atoms with E-state index in [4.69, 9.17) is 23.2 Å². The summed E-state index contributed by atoms with van der Waals surface area (Å²) < 4.78 is 0. The number of likely N-dealkylation sites (N-methyl/N-ethyl adjacent to an activating group) is 1. The Kier molecular flexibility index (Phi) is 6.08. The standard InChI is InChI=1S/C21H20Cl2N2O3/c1-24(2)11-12-25-18(13-3-7-15(22)8-4-13)17(20(27)21(25)28)19(26)14-5-9-16(23)10-6-14/h3-10,18,26H,11-12H2,1-2H3/t18-/m1/s1. The zero-order valence-corrected chi connectivity index (χ0v) is 17.0. The van der Waals surface area contributed by atoms with Gasteiger partial charge < -0.3 is 14.9 Å². The molecule has 5 nitrogen and oxygen atoms in total. The van der Waals surface area contributed by atoms with Gasteiger partial charge in [0.2, 0.25) is 0 Å². The van der Waals surface area contributed by atoms with Gasteiger partial charge in [0, 0.05) is 28.7 Å². The third kappa shape index (κ3) is 4.07. The molecule has 2 aromatic carbocycles. The molecule has 0 bridgehead atoms. The Balaban J connectivity index is 2.13. The van der Waals surface area contributed by atoms with Crippen molar-refractivity contribution in [3.63, 3.8) is 0 Å². The van der Waals surface area contributed by atoms with Gasteiger partial charge in [-0.2, -0.15) is 0 Å². The molecule has 7 heteroatoms. The molecule has 0 aliphatic carbocycles. The van der Waals surface area contributed by atoms with Gasteiger partial charge in [-0.05, 0) is 56.1 Å². The summed E-state index contributed by atoms with van der Waals surface area (Å²) in [6, 6.07) is 12.7. The SMILES string of the molecule is CN(C)CCN1C(=O)C(=O)C(=C(O)c2ccc(Cl)cc2)[C@H]1c1ccc(Cl)cc1. The Bertz CT molecular complexity index is 922. The average molecular weight is 419 g/mol. The minimum absolute atomic E-state index is 0.0633. The number of amides is 1. The molecule has 0 spiro atoms. The number of carbonyl (C=O) groups excluding carboxylic acids is 2. The topological polar surface area (TPSA) is 60.9 Å². The van der Waals surface area contributed by atoms with Crippen LogP contribution in [-0.2, 0) is 9.59 Å². The monoisotopic (exact) mass is 418 g/mol. The summed E-state index contributed by atoms with van der Waals surface area (Å²) >= 11 is 11.9. The van der Waals surface area contributed by atoms with Crippen molar-refractivity contribution < 1.29 is 14.7 Å². The van der Waals surface area contributed by atoms with Gasteiger partial charge in [0.05, 0.1) is 11.6 Å². The number of aliphatic hydroxyl groups is 1. The zero-order chi connectivity index (χ0) is 20.4. The van der Waals surface area contributed by atoms with Crippen LogP contribution in [-0.4, -0.2) is 53.8 Å². The average Bonchev–Trinajstić information content (AvgIpc) is 2.91. The third-order valence-corrected chi connectivity index (χ3v) is 5.14. The lowest BCUT2D eigenvalue weighted by atomic mass is 9.95. The number of carbonyl (C=O) groups is 2. The van der Waals surface area contributed by atoms with E-state index in [2.05, 4.69) is 0 Å². The maximum atomic E-state index is 12.8. The molecule has 0 radical (unpaired) electrons. The fourth-order valence-corrected chi connectivity index (χ4v) is 3.43. The van der Waals surface area contributed by atoms with E-state index in [0.717, 1.165) is 0 Å². The van der Waals surface area contributed by atoms with E-state index in [9.17, 15) is 14.7 Å². The number of hydrogen-bond donors (Lipinski definition) is 1. The van der Waals surface area contributed by atoms with Crippen molar-refractivity contribution in [1.29, 1.82) is 0 Å². The zero-order valence-electron chi connectivity index (χ0n) is 15.5.